The third-order valence-electron chi connectivity index (χ3n) is 9.82. The molecule has 52 heavy (non-hydrogen) atoms. The summed E-state index contributed by atoms with van der Waals surface area (Å²) in [6.07, 6.45) is 0. The summed E-state index contributed by atoms with van der Waals surface area (Å²) < 4.78 is 0. The van der Waals surface area contributed by atoms with Crippen molar-refractivity contribution < 1.29 is 0 Å². The minimum atomic E-state index is 1.11. The summed E-state index contributed by atoms with van der Waals surface area (Å²) in [6, 6.07) is 78.3. The lowest BCUT2D eigenvalue weighted by molar-refractivity contribution is 1.29. The lowest BCUT2D eigenvalue weighted by atomic mass is 9.99. The monoisotopic (exact) mass is 664 g/mol. The van der Waals surface area contributed by atoms with E-state index in [9.17, 15) is 0 Å². The molecule has 246 valence electrons. The molecular weight excluding hydrogens is 629 g/mol. The van der Waals surface area contributed by atoms with Gasteiger partial charge >= 0.3 is 0 Å². The largest absolute Gasteiger partial charge is 0.310 e. The van der Waals surface area contributed by atoms with E-state index in [2.05, 4.69) is 228 Å². The zero-order valence-electron chi connectivity index (χ0n) is 28.7. The summed E-state index contributed by atoms with van der Waals surface area (Å²) >= 11 is 0. The van der Waals surface area contributed by atoms with E-state index in [0.29, 0.717) is 0 Å². The van der Waals surface area contributed by atoms with E-state index in [1.54, 1.807) is 0 Å². The maximum absolute atomic E-state index is 2.35. The maximum Gasteiger partial charge on any atom is 0.0468 e. The van der Waals surface area contributed by atoms with Crippen molar-refractivity contribution in [1.82, 2.24) is 0 Å². The zero-order chi connectivity index (χ0) is 34.7. The van der Waals surface area contributed by atoms with Gasteiger partial charge in [0.1, 0.15) is 0 Å². The lowest BCUT2D eigenvalue weighted by Gasteiger charge is -2.27. The summed E-state index contributed by atoms with van der Waals surface area (Å²) in [4.78, 5) is 4.70. The van der Waals surface area contributed by atoms with Gasteiger partial charge in [-0.1, -0.05) is 146 Å². The number of anilines is 6. The maximum atomic E-state index is 2.35. The highest BCUT2D eigenvalue weighted by molar-refractivity contribution is 6.10. The van der Waals surface area contributed by atoms with Gasteiger partial charge in [-0.2, -0.15) is 0 Å². The smallest absolute Gasteiger partial charge is 0.0468 e. The molecule has 0 heterocycles. The number of hydrogen-bond donors (Lipinski definition) is 0. The number of rotatable bonds is 8. The van der Waals surface area contributed by atoms with Crippen molar-refractivity contribution in [3.63, 3.8) is 0 Å². The molecule has 0 amide bonds. The van der Waals surface area contributed by atoms with Crippen LogP contribution in [0.3, 0.4) is 0 Å². The van der Waals surface area contributed by atoms with E-state index < -0.39 is 0 Å². The summed E-state index contributed by atoms with van der Waals surface area (Å²) in [5, 5.41) is 4.84. The number of benzene rings is 9. The molecule has 2 heteroatoms. The van der Waals surface area contributed by atoms with Gasteiger partial charge in [0.05, 0.1) is 0 Å². The molecule has 0 aliphatic carbocycles. The van der Waals surface area contributed by atoms with Crippen LogP contribution in [0.4, 0.5) is 34.1 Å². The lowest BCUT2D eigenvalue weighted by Crippen LogP contribution is -2.10. The normalized spacial score (nSPS) is 11.1. The van der Waals surface area contributed by atoms with Crippen molar-refractivity contribution in [1.29, 1.82) is 0 Å². The Bertz CT molecular complexity index is 2400. The number of fused-ring (bicyclic) bond motifs is 3. The molecule has 0 radical (unpaired) electrons. The summed E-state index contributed by atoms with van der Waals surface area (Å²) in [6.45, 7) is 0. The molecule has 9 aromatic carbocycles. The fraction of sp³-hybridized carbons (Fsp3) is 0. The highest BCUT2D eigenvalue weighted by Gasteiger charge is 2.17. The Morgan fingerprint density at radius 1 is 0.212 bits per heavy atom. The molecule has 0 N–H and O–H groups in total. The molecule has 0 aromatic heterocycles. The predicted octanol–water partition coefficient (Wildman–Crippen LogP) is 14.3. The molecule has 0 fully saturated rings. The van der Waals surface area contributed by atoms with Gasteiger partial charge in [-0.3, -0.25) is 0 Å². The van der Waals surface area contributed by atoms with Gasteiger partial charge in [0.15, 0.2) is 0 Å². The quantitative estimate of drug-likeness (QED) is 0.149. The van der Waals surface area contributed by atoms with Gasteiger partial charge in [-0.25, -0.2) is 0 Å². The van der Waals surface area contributed by atoms with E-state index in [1.807, 2.05) is 0 Å². The second kappa shape index (κ2) is 13.8. The first-order chi connectivity index (χ1) is 25.8. The zero-order valence-corrected chi connectivity index (χ0v) is 28.7. The van der Waals surface area contributed by atoms with Gasteiger partial charge in [0.25, 0.3) is 0 Å². The van der Waals surface area contributed by atoms with Crippen LogP contribution in [-0.4, -0.2) is 0 Å². The van der Waals surface area contributed by atoms with Gasteiger partial charge in [-0.15, -0.1) is 0 Å². The number of hydrogen-bond acceptors (Lipinski definition) is 2. The van der Waals surface area contributed by atoms with Crippen LogP contribution in [-0.2, 0) is 0 Å². The second-order valence-corrected chi connectivity index (χ2v) is 13.0. The van der Waals surface area contributed by atoms with Crippen LogP contribution in [0, 0.1) is 0 Å². The van der Waals surface area contributed by atoms with Gasteiger partial charge < -0.3 is 9.80 Å². The molecule has 0 aliphatic heterocycles. The van der Waals surface area contributed by atoms with Crippen LogP contribution in [0.2, 0.25) is 0 Å². The topological polar surface area (TPSA) is 6.48 Å². The molecule has 0 spiro atoms. The molecule has 0 saturated carbocycles. The minimum absolute atomic E-state index is 1.11. The Morgan fingerprint density at radius 3 is 0.846 bits per heavy atom. The van der Waals surface area contributed by atoms with Crippen molar-refractivity contribution in [2.75, 3.05) is 9.80 Å². The van der Waals surface area contributed by atoms with E-state index in [-0.39, 0.29) is 0 Å². The van der Waals surface area contributed by atoms with Crippen LogP contribution >= 0.6 is 0 Å². The fourth-order valence-corrected chi connectivity index (χ4v) is 7.22. The van der Waals surface area contributed by atoms with E-state index in [1.165, 1.54) is 43.8 Å². The number of nitrogens with zero attached hydrogens (tertiary/aromatic N) is 2. The Morgan fingerprint density at radius 2 is 0.481 bits per heavy atom. The number of para-hydroxylation sites is 2. The van der Waals surface area contributed by atoms with Gasteiger partial charge in [-0.05, 0) is 117 Å². The Kier molecular flexibility index (Phi) is 8.24. The molecule has 0 atom stereocenters. The first-order valence-electron chi connectivity index (χ1n) is 17.8. The van der Waals surface area contributed by atoms with Crippen LogP contribution in [0.1, 0.15) is 0 Å². The first-order valence-corrected chi connectivity index (χ1v) is 17.8. The summed E-state index contributed by atoms with van der Waals surface area (Å²) in [7, 11) is 0. The standard InChI is InChI=1S/C50H36N2/c1-5-13-37(14-6-1)39-23-29-45(30-24-39)51(43-17-9-3-10-18-43)47-33-27-41-21-22-42-28-34-48(36-50(42)49(41)35-47)52(44-19-11-4-12-20-44)46-31-25-40(26-32-46)38-15-7-2-8-16-38/h1-36H. The predicted molar refractivity (Wildman–Crippen MR) is 222 cm³/mol. The van der Waals surface area contributed by atoms with Crippen LogP contribution < -0.4 is 9.80 Å². The van der Waals surface area contributed by atoms with Crippen molar-refractivity contribution >= 4 is 55.7 Å². The molecule has 2 nitrogen and oxygen atoms in total. The minimum Gasteiger partial charge on any atom is -0.310 e. The van der Waals surface area contributed by atoms with Gasteiger partial charge in [0, 0.05) is 34.1 Å². The van der Waals surface area contributed by atoms with E-state index in [0.717, 1.165) is 34.1 Å². The van der Waals surface area contributed by atoms with Crippen LogP contribution in [0.5, 0.6) is 0 Å². The Hall–Kier alpha value is -6.90. The molecule has 0 unspecified atom stereocenters. The highest BCUT2D eigenvalue weighted by atomic mass is 15.1. The van der Waals surface area contributed by atoms with E-state index in [4.69, 9.17) is 0 Å². The molecule has 9 aromatic rings. The first kappa shape index (κ1) is 31.1. The fourth-order valence-electron chi connectivity index (χ4n) is 7.22. The molecule has 9 rings (SSSR count). The van der Waals surface area contributed by atoms with Crippen molar-refractivity contribution in [3.05, 3.63) is 218 Å². The van der Waals surface area contributed by atoms with Crippen molar-refractivity contribution in [2.45, 2.75) is 0 Å². The third kappa shape index (κ3) is 6.08. The Balaban J connectivity index is 1.16. The highest BCUT2D eigenvalue weighted by Crippen LogP contribution is 2.41. The average Bonchev–Trinajstić information content (AvgIpc) is 3.23. The van der Waals surface area contributed by atoms with Gasteiger partial charge in [0.2, 0.25) is 0 Å². The van der Waals surface area contributed by atoms with Crippen molar-refractivity contribution in [3.8, 4) is 22.3 Å². The molecule has 0 aliphatic rings. The van der Waals surface area contributed by atoms with E-state index >= 15 is 0 Å². The van der Waals surface area contributed by atoms with Crippen LogP contribution in [0.25, 0.3) is 43.8 Å². The third-order valence-corrected chi connectivity index (χ3v) is 9.82. The van der Waals surface area contributed by atoms with Crippen molar-refractivity contribution in [2.24, 2.45) is 0 Å². The summed E-state index contributed by atoms with van der Waals surface area (Å²) in [5.74, 6) is 0. The second-order valence-electron chi connectivity index (χ2n) is 13.0. The Labute approximate surface area is 305 Å². The average molecular weight is 665 g/mol. The molecular formula is C50H36N2. The molecule has 0 saturated heterocycles. The SMILES string of the molecule is c1ccc(-c2ccc(N(c3ccccc3)c3ccc4ccc5ccc(N(c6ccccc6)c6ccc(-c7ccccc7)cc6)cc5c4c3)cc2)cc1. The van der Waals surface area contributed by atoms with Crippen LogP contribution in [0.15, 0.2) is 218 Å². The molecule has 0 bridgehead atoms. The summed E-state index contributed by atoms with van der Waals surface area (Å²) in [5.41, 5.74) is 11.5.